The average molecular weight is 286 g/mol. The van der Waals surface area contributed by atoms with Crippen molar-refractivity contribution in [2.45, 2.75) is 51.1 Å². The molecule has 6 heteroatoms. The van der Waals surface area contributed by atoms with E-state index >= 15 is 0 Å². The molecule has 0 radical (unpaired) electrons. The molecule has 1 atom stereocenters. The molecule has 0 spiro atoms. The molecule has 0 aliphatic heterocycles. The van der Waals surface area contributed by atoms with Crippen molar-refractivity contribution in [1.82, 2.24) is 25.2 Å². The van der Waals surface area contributed by atoms with Crippen LogP contribution in [-0.2, 0) is 6.42 Å². The summed E-state index contributed by atoms with van der Waals surface area (Å²) in [6.45, 7) is 1.88. The monoisotopic (exact) mass is 286 g/mol. The molecule has 0 aromatic carbocycles. The second-order valence-corrected chi connectivity index (χ2v) is 5.68. The minimum atomic E-state index is -0.0429. The van der Waals surface area contributed by atoms with E-state index < -0.39 is 0 Å². The first-order valence-corrected chi connectivity index (χ1v) is 7.56. The van der Waals surface area contributed by atoms with Crippen LogP contribution >= 0.6 is 0 Å². The van der Waals surface area contributed by atoms with E-state index in [9.17, 15) is 0 Å². The molecule has 1 aliphatic carbocycles. The normalized spacial score (nSPS) is 17.2. The largest absolute Gasteiger partial charge is 0.271 e. The molecule has 0 saturated heterocycles. The molecule has 1 aliphatic rings. The standard InChI is InChI=1S/C15H22N6/c1-11-17-8-6-14(18-11)15(19-16)10-12-7-9-21(20-12)13-4-2-3-5-13/h6-9,13,15,19H,2-5,10,16H2,1H3. The highest BCUT2D eigenvalue weighted by Crippen LogP contribution is 2.29. The van der Waals surface area contributed by atoms with Crippen LogP contribution in [0.1, 0.15) is 55.0 Å². The van der Waals surface area contributed by atoms with E-state index in [1.54, 1.807) is 6.20 Å². The quantitative estimate of drug-likeness (QED) is 0.647. The maximum Gasteiger partial charge on any atom is 0.125 e. The lowest BCUT2D eigenvalue weighted by Gasteiger charge is -2.14. The van der Waals surface area contributed by atoms with Crippen molar-refractivity contribution in [3.8, 4) is 0 Å². The van der Waals surface area contributed by atoms with Crippen LogP contribution in [-0.4, -0.2) is 19.7 Å². The van der Waals surface area contributed by atoms with Crippen molar-refractivity contribution >= 4 is 0 Å². The van der Waals surface area contributed by atoms with E-state index in [1.165, 1.54) is 25.7 Å². The van der Waals surface area contributed by atoms with Crippen LogP contribution in [0.4, 0.5) is 0 Å². The van der Waals surface area contributed by atoms with Crippen LogP contribution in [0.5, 0.6) is 0 Å². The summed E-state index contributed by atoms with van der Waals surface area (Å²) in [5.41, 5.74) is 4.78. The molecular weight excluding hydrogens is 264 g/mol. The molecule has 2 aromatic heterocycles. The summed E-state index contributed by atoms with van der Waals surface area (Å²) in [7, 11) is 0. The predicted octanol–water partition coefficient (Wildman–Crippen LogP) is 1.84. The van der Waals surface area contributed by atoms with Gasteiger partial charge in [-0.2, -0.15) is 5.10 Å². The Kier molecular flexibility index (Phi) is 4.26. The van der Waals surface area contributed by atoms with Crippen LogP contribution in [0.3, 0.4) is 0 Å². The highest BCUT2D eigenvalue weighted by atomic mass is 15.3. The summed E-state index contributed by atoms with van der Waals surface area (Å²) in [5.74, 6) is 6.44. The van der Waals surface area contributed by atoms with Crippen LogP contribution in [0.2, 0.25) is 0 Å². The van der Waals surface area contributed by atoms with E-state index in [0.717, 1.165) is 23.6 Å². The Morgan fingerprint density at radius 2 is 2.19 bits per heavy atom. The number of rotatable bonds is 5. The molecule has 21 heavy (non-hydrogen) atoms. The maximum atomic E-state index is 5.69. The molecular formula is C15H22N6. The summed E-state index contributed by atoms with van der Waals surface area (Å²) in [4.78, 5) is 8.56. The zero-order chi connectivity index (χ0) is 14.7. The lowest BCUT2D eigenvalue weighted by molar-refractivity contribution is 0.456. The van der Waals surface area contributed by atoms with Gasteiger partial charge in [-0.3, -0.25) is 16.0 Å². The number of hydrogen-bond donors (Lipinski definition) is 2. The number of aromatic nitrogens is 4. The maximum absolute atomic E-state index is 5.69. The Morgan fingerprint density at radius 1 is 1.38 bits per heavy atom. The molecule has 0 amide bonds. The lowest BCUT2D eigenvalue weighted by Crippen LogP contribution is -2.30. The number of hydrazine groups is 1. The fraction of sp³-hybridized carbons (Fsp3) is 0.533. The van der Waals surface area contributed by atoms with Gasteiger partial charge in [0.15, 0.2) is 0 Å². The Balaban J connectivity index is 1.72. The molecule has 3 N–H and O–H groups in total. The fourth-order valence-corrected chi connectivity index (χ4v) is 2.98. The summed E-state index contributed by atoms with van der Waals surface area (Å²) in [5, 5.41) is 4.71. The van der Waals surface area contributed by atoms with Crippen molar-refractivity contribution in [1.29, 1.82) is 0 Å². The van der Waals surface area contributed by atoms with Gasteiger partial charge in [-0.05, 0) is 31.9 Å². The highest BCUT2D eigenvalue weighted by Gasteiger charge is 2.19. The molecule has 6 nitrogen and oxygen atoms in total. The van der Waals surface area contributed by atoms with Crippen molar-refractivity contribution in [2.75, 3.05) is 0 Å². The molecule has 0 bridgehead atoms. The van der Waals surface area contributed by atoms with Crippen molar-refractivity contribution in [3.63, 3.8) is 0 Å². The third-order valence-electron chi connectivity index (χ3n) is 4.13. The minimum absolute atomic E-state index is 0.0429. The van der Waals surface area contributed by atoms with Crippen molar-refractivity contribution < 1.29 is 0 Å². The van der Waals surface area contributed by atoms with Gasteiger partial charge < -0.3 is 0 Å². The third kappa shape index (κ3) is 3.28. The minimum Gasteiger partial charge on any atom is -0.271 e. The van der Waals surface area contributed by atoms with Crippen molar-refractivity contribution in [2.24, 2.45) is 5.84 Å². The van der Waals surface area contributed by atoms with E-state index in [4.69, 9.17) is 10.9 Å². The summed E-state index contributed by atoms with van der Waals surface area (Å²) in [6.07, 6.45) is 9.69. The van der Waals surface area contributed by atoms with Gasteiger partial charge in [0.05, 0.1) is 23.5 Å². The van der Waals surface area contributed by atoms with Crippen LogP contribution in [0.25, 0.3) is 0 Å². The number of nitrogens with two attached hydrogens (primary N) is 1. The Hall–Kier alpha value is -1.79. The molecule has 1 unspecified atom stereocenters. The number of hydrogen-bond acceptors (Lipinski definition) is 5. The molecule has 112 valence electrons. The van der Waals surface area contributed by atoms with Gasteiger partial charge in [-0.1, -0.05) is 12.8 Å². The third-order valence-corrected chi connectivity index (χ3v) is 4.13. The van der Waals surface area contributed by atoms with E-state index in [1.807, 2.05) is 13.0 Å². The first kappa shape index (κ1) is 14.2. The highest BCUT2D eigenvalue weighted by molar-refractivity contribution is 5.12. The fourth-order valence-electron chi connectivity index (χ4n) is 2.98. The Morgan fingerprint density at radius 3 is 2.90 bits per heavy atom. The van der Waals surface area contributed by atoms with Crippen LogP contribution in [0.15, 0.2) is 24.5 Å². The SMILES string of the molecule is Cc1nccc(C(Cc2ccn(C3CCCC3)n2)NN)n1. The molecule has 2 heterocycles. The zero-order valence-electron chi connectivity index (χ0n) is 12.4. The van der Waals surface area contributed by atoms with Gasteiger partial charge in [0.25, 0.3) is 0 Å². The smallest absolute Gasteiger partial charge is 0.125 e. The average Bonchev–Trinajstić information content (AvgIpc) is 3.15. The first-order valence-electron chi connectivity index (χ1n) is 7.56. The van der Waals surface area contributed by atoms with E-state index in [-0.39, 0.29) is 6.04 Å². The zero-order valence-corrected chi connectivity index (χ0v) is 12.4. The second-order valence-electron chi connectivity index (χ2n) is 5.68. The Labute approximate surface area is 124 Å². The first-order chi connectivity index (χ1) is 10.3. The van der Waals surface area contributed by atoms with Crippen LogP contribution in [0, 0.1) is 6.92 Å². The van der Waals surface area contributed by atoms with Gasteiger partial charge in [0.2, 0.25) is 0 Å². The number of nitrogens with zero attached hydrogens (tertiary/aromatic N) is 4. The lowest BCUT2D eigenvalue weighted by atomic mass is 10.1. The topological polar surface area (TPSA) is 81.7 Å². The number of nitrogens with one attached hydrogen (secondary N) is 1. The van der Waals surface area contributed by atoms with Gasteiger partial charge in [-0.15, -0.1) is 0 Å². The number of aryl methyl sites for hydroxylation is 1. The van der Waals surface area contributed by atoms with Gasteiger partial charge in [0, 0.05) is 18.8 Å². The van der Waals surface area contributed by atoms with E-state index in [2.05, 4.69) is 32.3 Å². The van der Waals surface area contributed by atoms with Gasteiger partial charge >= 0.3 is 0 Å². The van der Waals surface area contributed by atoms with Crippen LogP contribution < -0.4 is 11.3 Å². The summed E-state index contributed by atoms with van der Waals surface area (Å²) >= 11 is 0. The second kappa shape index (κ2) is 6.32. The van der Waals surface area contributed by atoms with Gasteiger partial charge in [0.1, 0.15) is 5.82 Å². The van der Waals surface area contributed by atoms with E-state index in [0.29, 0.717) is 6.04 Å². The predicted molar refractivity (Wildman–Crippen MR) is 80.3 cm³/mol. The molecule has 2 aromatic rings. The Bertz CT molecular complexity index is 587. The molecule has 3 rings (SSSR count). The molecule has 1 fully saturated rings. The van der Waals surface area contributed by atoms with Gasteiger partial charge in [-0.25, -0.2) is 9.97 Å². The summed E-state index contributed by atoms with van der Waals surface area (Å²) < 4.78 is 2.11. The molecule has 1 saturated carbocycles. The van der Waals surface area contributed by atoms with Crippen molar-refractivity contribution in [3.05, 3.63) is 41.7 Å². The summed E-state index contributed by atoms with van der Waals surface area (Å²) in [6, 6.07) is 4.50.